The number of nitrogens with zero attached hydrogens (tertiary/aromatic N) is 2. The summed E-state index contributed by atoms with van der Waals surface area (Å²) in [6.07, 6.45) is 5.44. The summed E-state index contributed by atoms with van der Waals surface area (Å²) in [6, 6.07) is 6.84. The van der Waals surface area contributed by atoms with Crippen molar-refractivity contribution in [3.05, 3.63) is 29.8 Å². The maximum atomic E-state index is 12.4. The molecule has 29 heavy (non-hydrogen) atoms. The van der Waals surface area contributed by atoms with E-state index in [0.717, 1.165) is 43.9 Å². The maximum absolute atomic E-state index is 12.4. The van der Waals surface area contributed by atoms with Gasteiger partial charge in [-0.2, -0.15) is 4.99 Å². The van der Waals surface area contributed by atoms with Crippen LogP contribution < -0.4 is 10.6 Å². The van der Waals surface area contributed by atoms with E-state index in [2.05, 4.69) is 27.4 Å². The van der Waals surface area contributed by atoms with Crippen LogP contribution in [0.5, 0.6) is 0 Å². The highest BCUT2D eigenvalue weighted by Gasteiger charge is 2.33. The summed E-state index contributed by atoms with van der Waals surface area (Å²) >= 11 is 1.38. The number of amides is 3. The Morgan fingerprint density at radius 2 is 2.03 bits per heavy atom. The number of carbonyl (C=O) groups is 3. The minimum absolute atomic E-state index is 0.0667. The van der Waals surface area contributed by atoms with Crippen LogP contribution in [-0.2, 0) is 9.59 Å². The lowest BCUT2D eigenvalue weighted by Gasteiger charge is -2.27. The van der Waals surface area contributed by atoms with E-state index in [1.165, 1.54) is 18.2 Å². The monoisotopic (exact) mass is 416 g/mol. The van der Waals surface area contributed by atoms with Crippen LogP contribution in [0.1, 0.15) is 55.8 Å². The molecule has 7 nitrogen and oxygen atoms in total. The van der Waals surface area contributed by atoms with Gasteiger partial charge in [0.05, 0.1) is 0 Å². The first-order valence-electron chi connectivity index (χ1n) is 10.3. The molecular weight excluding hydrogens is 388 g/mol. The molecule has 0 bridgehead atoms. The van der Waals surface area contributed by atoms with E-state index >= 15 is 0 Å². The normalized spacial score (nSPS) is 19.1. The number of unbranched alkanes of at least 4 members (excludes halogenated alkanes) is 1. The number of nitrogens with one attached hydrogen (secondary N) is 2. The first-order valence-corrected chi connectivity index (χ1v) is 11.2. The van der Waals surface area contributed by atoms with E-state index in [0.29, 0.717) is 17.8 Å². The van der Waals surface area contributed by atoms with Crippen molar-refractivity contribution in [1.82, 2.24) is 10.2 Å². The Labute approximate surface area is 175 Å². The lowest BCUT2D eigenvalue weighted by Crippen LogP contribution is -2.33. The van der Waals surface area contributed by atoms with Crippen molar-refractivity contribution in [2.45, 2.75) is 50.7 Å². The summed E-state index contributed by atoms with van der Waals surface area (Å²) in [7, 11) is 0. The van der Waals surface area contributed by atoms with Crippen LogP contribution in [0.25, 0.3) is 0 Å². The van der Waals surface area contributed by atoms with E-state index in [1.54, 1.807) is 24.3 Å². The summed E-state index contributed by atoms with van der Waals surface area (Å²) in [4.78, 5) is 43.1. The average Bonchev–Trinajstić information content (AvgIpc) is 3.09. The average molecular weight is 417 g/mol. The standard InChI is InChI=1S/C21H28N4O3S/c1-2-3-10-22-19(27)15-8-7-9-16(13-15)23-18(26)14-17-20(28)24-21(29-17)25-11-5-4-6-12-25/h7-9,13,17H,2-6,10-12,14H2,1H3,(H,22,27)(H,23,26)/t17-/m0/s1. The smallest absolute Gasteiger partial charge is 0.262 e. The molecule has 1 aromatic carbocycles. The van der Waals surface area contributed by atoms with Crippen LogP contribution >= 0.6 is 11.8 Å². The highest BCUT2D eigenvalue weighted by atomic mass is 32.2. The van der Waals surface area contributed by atoms with Crippen LogP contribution in [0.2, 0.25) is 0 Å². The van der Waals surface area contributed by atoms with Crippen molar-refractivity contribution in [3.8, 4) is 0 Å². The topological polar surface area (TPSA) is 90.9 Å². The second-order valence-corrected chi connectivity index (χ2v) is 8.50. The van der Waals surface area contributed by atoms with Crippen LogP contribution in [-0.4, -0.2) is 52.7 Å². The van der Waals surface area contributed by atoms with Crippen molar-refractivity contribution in [2.75, 3.05) is 25.0 Å². The fourth-order valence-electron chi connectivity index (χ4n) is 3.33. The van der Waals surface area contributed by atoms with E-state index in [1.807, 2.05) is 0 Å². The number of likely N-dealkylation sites (tertiary alicyclic amines) is 1. The largest absolute Gasteiger partial charge is 0.352 e. The Hall–Kier alpha value is -2.35. The third-order valence-corrected chi connectivity index (χ3v) is 6.16. The zero-order chi connectivity index (χ0) is 20.6. The number of hydrogen-bond acceptors (Lipinski definition) is 5. The van der Waals surface area contributed by atoms with Gasteiger partial charge in [-0.05, 0) is 43.9 Å². The molecule has 0 radical (unpaired) electrons. The summed E-state index contributed by atoms with van der Waals surface area (Å²) in [6.45, 7) is 4.54. The Morgan fingerprint density at radius 3 is 2.79 bits per heavy atom. The summed E-state index contributed by atoms with van der Waals surface area (Å²) in [5.41, 5.74) is 1.05. The van der Waals surface area contributed by atoms with E-state index in [4.69, 9.17) is 0 Å². The van der Waals surface area contributed by atoms with Gasteiger partial charge in [0, 0.05) is 37.3 Å². The van der Waals surface area contributed by atoms with Crippen molar-refractivity contribution >= 4 is 40.3 Å². The Kier molecular flexibility index (Phi) is 7.69. The summed E-state index contributed by atoms with van der Waals surface area (Å²) in [5, 5.41) is 5.93. The van der Waals surface area contributed by atoms with Gasteiger partial charge < -0.3 is 15.5 Å². The lowest BCUT2D eigenvalue weighted by atomic mass is 10.1. The molecule has 1 atom stereocenters. The molecule has 0 aromatic heterocycles. The van der Waals surface area contributed by atoms with Gasteiger partial charge >= 0.3 is 0 Å². The predicted molar refractivity (Wildman–Crippen MR) is 116 cm³/mol. The third-order valence-electron chi connectivity index (χ3n) is 4.95. The predicted octanol–water partition coefficient (Wildman–Crippen LogP) is 3.03. The number of hydrogen-bond donors (Lipinski definition) is 2. The molecule has 2 aliphatic rings. The number of benzene rings is 1. The van der Waals surface area contributed by atoms with Gasteiger partial charge in [0.25, 0.3) is 11.8 Å². The molecular formula is C21H28N4O3S. The number of amidine groups is 1. The molecule has 2 N–H and O–H groups in total. The van der Waals surface area contributed by atoms with Crippen molar-refractivity contribution in [3.63, 3.8) is 0 Å². The zero-order valence-electron chi connectivity index (χ0n) is 16.8. The first-order chi connectivity index (χ1) is 14.1. The number of piperidine rings is 1. The summed E-state index contributed by atoms with van der Waals surface area (Å²) in [5.74, 6) is -0.653. The van der Waals surface area contributed by atoms with Gasteiger partial charge in [0.1, 0.15) is 5.25 Å². The van der Waals surface area contributed by atoms with Crippen molar-refractivity contribution < 1.29 is 14.4 Å². The molecule has 3 rings (SSSR count). The highest BCUT2D eigenvalue weighted by molar-refractivity contribution is 8.15. The highest BCUT2D eigenvalue weighted by Crippen LogP contribution is 2.29. The number of rotatable bonds is 7. The van der Waals surface area contributed by atoms with Crippen LogP contribution in [0, 0.1) is 0 Å². The fourth-order valence-corrected chi connectivity index (χ4v) is 4.45. The third kappa shape index (κ3) is 6.06. The van der Waals surface area contributed by atoms with Gasteiger partial charge in [-0.15, -0.1) is 0 Å². The Morgan fingerprint density at radius 1 is 1.24 bits per heavy atom. The van der Waals surface area contributed by atoms with E-state index in [-0.39, 0.29) is 24.1 Å². The molecule has 0 saturated carbocycles. The van der Waals surface area contributed by atoms with Crippen molar-refractivity contribution in [1.29, 1.82) is 0 Å². The van der Waals surface area contributed by atoms with Gasteiger partial charge in [-0.25, -0.2) is 0 Å². The number of carbonyl (C=O) groups excluding carboxylic acids is 3. The number of aliphatic imine (C=N–C) groups is 1. The van der Waals surface area contributed by atoms with Gasteiger partial charge in [-0.3, -0.25) is 14.4 Å². The fraction of sp³-hybridized carbons (Fsp3) is 0.524. The summed E-state index contributed by atoms with van der Waals surface area (Å²) < 4.78 is 0. The van der Waals surface area contributed by atoms with Gasteiger partial charge in [-0.1, -0.05) is 31.2 Å². The Bertz CT molecular complexity index is 790. The minimum atomic E-state index is -0.479. The zero-order valence-corrected chi connectivity index (χ0v) is 17.6. The molecule has 0 unspecified atom stereocenters. The molecule has 0 spiro atoms. The number of thioether (sulfide) groups is 1. The maximum Gasteiger partial charge on any atom is 0.262 e. The van der Waals surface area contributed by atoms with Gasteiger partial charge in [0.15, 0.2) is 5.17 Å². The number of anilines is 1. The van der Waals surface area contributed by atoms with Gasteiger partial charge in [0.2, 0.25) is 5.91 Å². The van der Waals surface area contributed by atoms with Crippen LogP contribution in [0.15, 0.2) is 29.3 Å². The van der Waals surface area contributed by atoms with E-state index in [9.17, 15) is 14.4 Å². The minimum Gasteiger partial charge on any atom is -0.352 e. The first kappa shape index (κ1) is 21.4. The lowest BCUT2D eigenvalue weighted by molar-refractivity contribution is -0.121. The van der Waals surface area contributed by atoms with Crippen molar-refractivity contribution in [2.24, 2.45) is 4.99 Å². The molecule has 2 heterocycles. The molecule has 8 heteroatoms. The second kappa shape index (κ2) is 10.4. The molecule has 1 fully saturated rings. The van der Waals surface area contributed by atoms with E-state index < -0.39 is 5.25 Å². The molecule has 0 aliphatic carbocycles. The molecule has 3 amide bonds. The van der Waals surface area contributed by atoms with Crippen LogP contribution in [0.4, 0.5) is 5.69 Å². The molecule has 1 saturated heterocycles. The molecule has 1 aromatic rings. The SMILES string of the molecule is CCCCNC(=O)c1cccc(NC(=O)C[C@@H]2SC(N3CCCCC3)=NC2=O)c1. The van der Waals surface area contributed by atoms with Crippen LogP contribution in [0.3, 0.4) is 0 Å². The molecule has 156 valence electrons. The Balaban J connectivity index is 1.51. The second-order valence-electron chi connectivity index (χ2n) is 7.33. The molecule has 2 aliphatic heterocycles. The quantitative estimate of drug-likeness (QED) is 0.667.